The maximum absolute atomic E-state index is 12.2. The molecule has 0 fully saturated rings. The number of aromatic nitrogens is 5. The van der Waals surface area contributed by atoms with Gasteiger partial charge in [-0.3, -0.25) is 9.89 Å². The molecule has 2 rings (SSSR count). The summed E-state index contributed by atoms with van der Waals surface area (Å²) in [5.41, 5.74) is 2.75. The van der Waals surface area contributed by atoms with E-state index in [0.717, 1.165) is 35.7 Å². The van der Waals surface area contributed by atoms with Gasteiger partial charge in [-0.2, -0.15) is 5.10 Å². The van der Waals surface area contributed by atoms with E-state index in [1.165, 1.54) is 0 Å². The highest BCUT2D eigenvalue weighted by Gasteiger charge is 2.17. The zero-order chi connectivity index (χ0) is 15.4. The van der Waals surface area contributed by atoms with E-state index in [9.17, 15) is 4.79 Å². The Morgan fingerprint density at radius 2 is 2.24 bits per heavy atom. The van der Waals surface area contributed by atoms with E-state index < -0.39 is 0 Å². The highest BCUT2D eigenvalue weighted by atomic mass is 16.1. The van der Waals surface area contributed by atoms with Gasteiger partial charge in [-0.1, -0.05) is 6.92 Å². The van der Waals surface area contributed by atoms with Gasteiger partial charge in [-0.05, 0) is 27.2 Å². The molecule has 2 aromatic heterocycles. The maximum Gasteiger partial charge on any atom is 0.225 e. The fourth-order valence-electron chi connectivity index (χ4n) is 2.36. The number of rotatable bonds is 6. The Morgan fingerprint density at radius 3 is 2.86 bits per heavy atom. The molecule has 0 spiro atoms. The fourth-order valence-corrected chi connectivity index (χ4v) is 2.36. The van der Waals surface area contributed by atoms with Crippen LogP contribution in [0.4, 0.5) is 0 Å². The Hall–Kier alpha value is -2.18. The van der Waals surface area contributed by atoms with Crippen LogP contribution in [0.3, 0.4) is 0 Å². The summed E-state index contributed by atoms with van der Waals surface area (Å²) in [7, 11) is 0. The summed E-state index contributed by atoms with van der Waals surface area (Å²) < 4.78 is 1.97. The van der Waals surface area contributed by atoms with E-state index in [-0.39, 0.29) is 11.9 Å². The molecule has 0 bridgehead atoms. The van der Waals surface area contributed by atoms with E-state index in [1.54, 1.807) is 6.33 Å². The van der Waals surface area contributed by atoms with E-state index >= 15 is 0 Å². The Bertz CT molecular complexity index is 595. The Kier molecular flexibility index (Phi) is 4.72. The number of carbonyl (C=O) groups excluding carboxylic acids is 1. The average Bonchev–Trinajstić information content (AvgIpc) is 3.01. The van der Waals surface area contributed by atoms with Gasteiger partial charge in [-0.15, -0.1) is 10.2 Å². The summed E-state index contributed by atoms with van der Waals surface area (Å²) in [4.78, 5) is 12.2. The molecule has 2 N–H and O–H groups in total. The fraction of sp³-hybridized carbons (Fsp3) is 0.571. The van der Waals surface area contributed by atoms with Gasteiger partial charge in [0, 0.05) is 17.8 Å². The van der Waals surface area contributed by atoms with Gasteiger partial charge in [0.1, 0.15) is 6.33 Å². The van der Waals surface area contributed by atoms with Crippen LogP contribution in [0.5, 0.6) is 0 Å². The number of carbonyl (C=O) groups is 1. The molecule has 0 radical (unpaired) electrons. The highest BCUT2D eigenvalue weighted by Crippen LogP contribution is 2.13. The lowest BCUT2D eigenvalue weighted by Crippen LogP contribution is -2.30. The lowest BCUT2D eigenvalue weighted by molar-refractivity contribution is -0.121. The number of nitrogens with one attached hydrogen (secondary N) is 2. The van der Waals surface area contributed by atoms with Crippen molar-refractivity contribution in [3.05, 3.63) is 29.1 Å². The molecule has 0 saturated carbocycles. The molecule has 0 aliphatic carbocycles. The minimum Gasteiger partial charge on any atom is -0.346 e. The Balaban J connectivity index is 2.00. The van der Waals surface area contributed by atoms with Crippen LogP contribution >= 0.6 is 0 Å². The molecule has 0 aliphatic rings. The molecule has 0 unspecified atom stereocenters. The molecule has 0 aliphatic heterocycles. The molecule has 2 heterocycles. The van der Waals surface area contributed by atoms with E-state index in [2.05, 4.69) is 32.6 Å². The lowest BCUT2D eigenvalue weighted by Gasteiger charge is -2.14. The van der Waals surface area contributed by atoms with Crippen LogP contribution in [0.2, 0.25) is 0 Å². The van der Waals surface area contributed by atoms with Crippen molar-refractivity contribution in [3.8, 4) is 0 Å². The topological polar surface area (TPSA) is 88.5 Å². The average molecular weight is 290 g/mol. The first-order valence-corrected chi connectivity index (χ1v) is 7.20. The van der Waals surface area contributed by atoms with Crippen molar-refractivity contribution in [2.24, 2.45) is 0 Å². The van der Waals surface area contributed by atoms with Crippen molar-refractivity contribution in [3.63, 3.8) is 0 Å². The normalized spacial score (nSPS) is 12.4. The van der Waals surface area contributed by atoms with Crippen LogP contribution in [-0.2, 0) is 17.8 Å². The van der Waals surface area contributed by atoms with Gasteiger partial charge in [0.05, 0.1) is 18.2 Å². The Morgan fingerprint density at radius 1 is 1.48 bits per heavy atom. The van der Waals surface area contributed by atoms with Crippen LogP contribution in [0.15, 0.2) is 6.33 Å². The molecule has 0 aromatic carbocycles. The van der Waals surface area contributed by atoms with Gasteiger partial charge < -0.3 is 9.88 Å². The number of amides is 1. The molecule has 21 heavy (non-hydrogen) atoms. The molecule has 114 valence electrons. The second kappa shape index (κ2) is 6.51. The van der Waals surface area contributed by atoms with E-state index in [1.807, 2.05) is 25.3 Å². The SMILES string of the molecule is CCCn1cnnc1[C@@H](C)NC(=O)Cc1c(C)n[nH]c1C. The van der Waals surface area contributed by atoms with Crippen LogP contribution in [-0.4, -0.2) is 30.9 Å². The van der Waals surface area contributed by atoms with Crippen molar-refractivity contribution >= 4 is 5.91 Å². The van der Waals surface area contributed by atoms with Crippen molar-refractivity contribution in [2.75, 3.05) is 0 Å². The number of hydrogen-bond donors (Lipinski definition) is 2. The van der Waals surface area contributed by atoms with Gasteiger partial charge >= 0.3 is 0 Å². The molecular formula is C14H22N6O. The summed E-state index contributed by atoms with van der Waals surface area (Å²) in [5, 5.41) is 18.0. The van der Waals surface area contributed by atoms with Crippen molar-refractivity contribution in [2.45, 2.75) is 53.1 Å². The predicted molar refractivity (Wildman–Crippen MR) is 78.6 cm³/mol. The number of H-pyrrole nitrogens is 1. The van der Waals surface area contributed by atoms with Crippen LogP contribution in [0.25, 0.3) is 0 Å². The largest absolute Gasteiger partial charge is 0.346 e. The molecule has 0 saturated heterocycles. The number of aromatic amines is 1. The molecule has 1 amide bonds. The lowest BCUT2D eigenvalue weighted by atomic mass is 10.1. The van der Waals surface area contributed by atoms with Gasteiger partial charge in [-0.25, -0.2) is 0 Å². The van der Waals surface area contributed by atoms with Crippen molar-refractivity contribution in [1.29, 1.82) is 0 Å². The highest BCUT2D eigenvalue weighted by molar-refractivity contribution is 5.79. The van der Waals surface area contributed by atoms with Crippen LogP contribution < -0.4 is 5.32 Å². The minimum atomic E-state index is -0.168. The van der Waals surface area contributed by atoms with Gasteiger partial charge in [0.2, 0.25) is 5.91 Å². The van der Waals surface area contributed by atoms with Crippen molar-refractivity contribution in [1.82, 2.24) is 30.3 Å². The third kappa shape index (κ3) is 3.48. The first kappa shape index (κ1) is 15.2. The molecule has 7 heteroatoms. The van der Waals surface area contributed by atoms with E-state index in [4.69, 9.17) is 0 Å². The Labute approximate surface area is 124 Å². The standard InChI is InChI=1S/C14H22N6O/c1-5-6-20-8-15-19-14(20)11(4)16-13(21)7-12-9(2)17-18-10(12)3/h8,11H,5-7H2,1-4H3,(H,16,21)(H,17,18)/t11-/m1/s1. The molecule has 1 atom stereocenters. The molecular weight excluding hydrogens is 268 g/mol. The van der Waals surface area contributed by atoms with Gasteiger partial charge in [0.25, 0.3) is 0 Å². The number of aryl methyl sites for hydroxylation is 3. The third-order valence-electron chi connectivity index (χ3n) is 3.49. The van der Waals surface area contributed by atoms with Crippen LogP contribution in [0.1, 0.15) is 49.1 Å². The number of nitrogens with zero attached hydrogens (tertiary/aromatic N) is 4. The monoisotopic (exact) mass is 290 g/mol. The quantitative estimate of drug-likeness (QED) is 0.842. The zero-order valence-electron chi connectivity index (χ0n) is 13.0. The van der Waals surface area contributed by atoms with Gasteiger partial charge in [0.15, 0.2) is 5.82 Å². The number of hydrogen-bond acceptors (Lipinski definition) is 4. The summed E-state index contributed by atoms with van der Waals surface area (Å²) >= 11 is 0. The minimum absolute atomic E-state index is 0.0406. The summed E-state index contributed by atoms with van der Waals surface area (Å²) in [6.45, 7) is 8.68. The summed E-state index contributed by atoms with van der Waals surface area (Å²) in [6, 6.07) is -0.168. The second-order valence-electron chi connectivity index (χ2n) is 5.26. The van der Waals surface area contributed by atoms with Crippen LogP contribution in [0, 0.1) is 13.8 Å². The first-order chi connectivity index (χ1) is 10.0. The predicted octanol–water partition coefficient (Wildman–Crippen LogP) is 1.45. The van der Waals surface area contributed by atoms with Crippen molar-refractivity contribution < 1.29 is 4.79 Å². The molecule has 2 aromatic rings. The summed E-state index contributed by atoms with van der Waals surface area (Å²) in [6.07, 6.45) is 3.02. The summed E-state index contributed by atoms with van der Waals surface area (Å²) in [5.74, 6) is 0.743. The zero-order valence-corrected chi connectivity index (χ0v) is 13.0. The smallest absolute Gasteiger partial charge is 0.225 e. The third-order valence-corrected chi connectivity index (χ3v) is 3.49. The maximum atomic E-state index is 12.2. The second-order valence-corrected chi connectivity index (χ2v) is 5.26. The first-order valence-electron chi connectivity index (χ1n) is 7.20. The van der Waals surface area contributed by atoms with E-state index in [0.29, 0.717) is 6.42 Å². The molecule has 7 nitrogen and oxygen atoms in total.